The minimum Gasteiger partial charge on any atom is -0.497 e. The van der Waals surface area contributed by atoms with Crippen LogP contribution in [0, 0.1) is 13.8 Å². The zero-order valence-corrected chi connectivity index (χ0v) is 16.5. The number of aromatic nitrogens is 2. The lowest BCUT2D eigenvalue weighted by Gasteiger charge is -2.12. The van der Waals surface area contributed by atoms with E-state index < -0.39 is 0 Å². The van der Waals surface area contributed by atoms with Crippen molar-refractivity contribution < 1.29 is 4.74 Å². The monoisotopic (exact) mass is 382 g/mol. The molecule has 0 fully saturated rings. The molecule has 0 aliphatic heterocycles. The molecule has 0 radical (unpaired) electrons. The molecule has 2 aromatic carbocycles. The summed E-state index contributed by atoms with van der Waals surface area (Å²) in [6.45, 7) is 4.71. The van der Waals surface area contributed by atoms with Crippen LogP contribution < -0.4 is 15.4 Å². The van der Waals surface area contributed by atoms with Gasteiger partial charge in [-0.2, -0.15) is 4.98 Å². The third-order valence-corrected chi connectivity index (χ3v) is 4.40. The normalized spacial score (nSPS) is 10.5. The van der Waals surface area contributed by atoms with Crippen LogP contribution in [-0.4, -0.2) is 23.6 Å². The van der Waals surface area contributed by atoms with Crippen LogP contribution in [0.25, 0.3) is 0 Å². The predicted octanol–water partition coefficient (Wildman–Crippen LogP) is 5.15. The van der Waals surface area contributed by atoms with Crippen LogP contribution in [0.2, 0.25) is 5.02 Å². The Hall–Kier alpha value is -2.79. The molecule has 0 aliphatic rings. The zero-order chi connectivity index (χ0) is 19.2. The number of ether oxygens (including phenoxy) is 1. The number of anilines is 3. The molecular weight excluding hydrogens is 360 g/mol. The Balaban J connectivity index is 1.64. The molecule has 0 saturated heterocycles. The molecule has 2 N–H and O–H groups in total. The first-order chi connectivity index (χ1) is 13.0. The number of rotatable bonds is 7. The molecule has 1 heterocycles. The fourth-order valence-corrected chi connectivity index (χ4v) is 2.95. The first-order valence-corrected chi connectivity index (χ1v) is 9.17. The van der Waals surface area contributed by atoms with Crippen LogP contribution in [-0.2, 0) is 6.42 Å². The lowest BCUT2D eigenvalue weighted by Crippen LogP contribution is -2.09. The minimum absolute atomic E-state index is 0.609. The van der Waals surface area contributed by atoms with Crippen LogP contribution >= 0.6 is 11.6 Å². The van der Waals surface area contributed by atoms with E-state index in [1.54, 1.807) is 7.11 Å². The first-order valence-electron chi connectivity index (χ1n) is 8.79. The Bertz CT molecular complexity index is 913. The van der Waals surface area contributed by atoms with Crippen molar-refractivity contribution in [2.75, 3.05) is 24.3 Å². The molecule has 3 aromatic rings. The van der Waals surface area contributed by atoms with Crippen molar-refractivity contribution in [3.63, 3.8) is 0 Å². The standard InChI is InChI=1S/C21H23ClN4O/c1-14-12-17(22)6-9-19(14)25-20-13-15(2)24-21(26-20)23-11-10-16-4-7-18(27-3)8-5-16/h4-9,12-13H,10-11H2,1-3H3,(H2,23,24,25,26). The Morgan fingerprint density at radius 3 is 2.48 bits per heavy atom. The van der Waals surface area contributed by atoms with Gasteiger partial charge in [0.05, 0.1) is 7.11 Å². The second-order valence-electron chi connectivity index (χ2n) is 6.33. The van der Waals surface area contributed by atoms with Crippen molar-refractivity contribution in [3.05, 3.63) is 70.4 Å². The molecule has 140 valence electrons. The van der Waals surface area contributed by atoms with E-state index >= 15 is 0 Å². The average Bonchev–Trinajstić information content (AvgIpc) is 2.64. The highest BCUT2D eigenvalue weighted by atomic mass is 35.5. The molecule has 0 spiro atoms. The number of hydrogen-bond acceptors (Lipinski definition) is 5. The molecule has 1 aromatic heterocycles. The summed E-state index contributed by atoms with van der Waals surface area (Å²) in [6, 6.07) is 15.7. The molecule has 0 atom stereocenters. The number of aryl methyl sites for hydroxylation is 2. The minimum atomic E-state index is 0.609. The van der Waals surface area contributed by atoms with Gasteiger partial charge in [-0.15, -0.1) is 0 Å². The van der Waals surface area contributed by atoms with Gasteiger partial charge in [-0.25, -0.2) is 4.98 Å². The Kier molecular flexibility index (Phi) is 6.14. The number of halogens is 1. The quantitative estimate of drug-likeness (QED) is 0.591. The average molecular weight is 383 g/mol. The van der Waals surface area contributed by atoms with Crippen molar-refractivity contribution in [3.8, 4) is 5.75 Å². The molecule has 0 saturated carbocycles. The molecule has 0 bridgehead atoms. The molecule has 0 amide bonds. The van der Waals surface area contributed by atoms with E-state index in [2.05, 4.69) is 32.7 Å². The smallest absolute Gasteiger partial charge is 0.224 e. The van der Waals surface area contributed by atoms with Crippen LogP contribution in [0.1, 0.15) is 16.8 Å². The van der Waals surface area contributed by atoms with Crippen molar-refractivity contribution >= 4 is 29.1 Å². The van der Waals surface area contributed by atoms with E-state index in [1.165, 1.54) is 5.56 Å². The molecule has 5 nitrogen and oxygen atoms in total. The summed E-state index contributed by atoms with van der Waals surface area (Å²) < 4.78 is 5.18. The Labute approximate surface area is 164 Å². The second kappa shape index (κ2) is 8.73. The van der Waals surface area contributed by atoms with Crippen molar-refractivity contribution in [2.45, 2.75) is 20.3 Å². The molecule has 6 heteroatoms. The Morgan fingerprint density at radius 2 is 1.78 bits per heavy atom. The topological polar surface area (TPSA) is 59.1 Å². The molecular formula is C21H23ClN4O. The summed E-state index contributed by atoms with van der Waals surface area (Å²) in [5, 5.41) is 7.36. The van der Waals surface area contributed by atoms with Gasteiger partial charge in [-0.3, -0.25) is 0 Å². The summed E-state index contributed by atoms with van der Waals surface area (Å²) >= 11 is 6.02. The fourth-order valence-electron chi connectivity index (χ4n) is 2.73. The van der Waals surface area contributed by atoms with E-state index in [0.717, 1.165) is 46.5 Å². The largest absolute Gasteiger partial charge is 0.497 e. The highest BCUT2D eigenvalue weighted by Gasteiger charge is 2.05. The summed E-state index contributed by atoms with van der Waals surface area (Å²) in [4.78, 5) is 9.03. The number of nitrogens with zero attached hydrogens (tertiary/aromatic N) is 2. The highest BCUT2D eigenvalue weighted by Crippen LogP contribution is 2.23. The van der Waals surface area contributed by atoms with Crippen molar-refractivity contribution in [2.24, 2.45) is 0 Å². The number of hydrogen-bond donors (Lipinski definition) is 2. The van der Waals surface area contributed by atoms with Gasteiger partial charge in [-0.05, 0) is 61.7 Å². The van der Waals surface area contributed by atoms with Crippen LogP contribution in [0.15, 0.2) is 48.5 Å². The van der Waals surface area contributed by atoms with Crippen LogP contribution in [0.5, 0.6) is 5.75 Å². The number of methoxy groups -OCH3 is 1. The SMILES string of the molecule is COc1ccc(CCNc2nc(C)cc(Nc3ccc(Cl)cc3C)n2)cc1. The second-order valence-corrected chi connectivity index (χ2v) is 6.76. The van der Waals surface area contributed by atoms with Gasteiger partial charge in [0.2, 0.25) is 5.95 Å². The summed E-state index contributed by atoms with van der Waals surface area (Å²) in [7, 11) is 1.67. The van der Waals surface area contributed by atoms with Gasteiger partial charge in [0, 0.05) is 29.0 Å². The molecule has 27 heavy (non-hydrogen) atoms. The van der Waals surface area contributed by atoms with E-state index in [1.807, 2.05) is 50.2 Å². The van der Waals surface area contributed by atoms with Gasteiger partial charge in [0.15, 0.2) is 0 Å². The van der Waals surface area contributed by atoms with Crippen molar-refractivity contribution in [1.29, 1.82) is 0 Å². The Morgan fingerprint density at radius 1 is 1.00 bits per heavy atom. The third-order valence-electron chi connectivity index (χ3n) is 4.16. The van der Waals surface area contributed by atoms with Gasteiger partial charge >= 0.3 is 0 Å². The van der Waals surface area contributed by atoms with Crippen LogP contribution in [0.4, 0.5) is 17.5 Å². The lowest BCUT2D eigenvalue weighted by atomic mass is 10.1. The first kappa shape index (κ1) is 19.0. The maximum atomic E-state index is 6.02. The third kappa shape index (κ3) is 5.34. The molecule has 0 aliphatic carbocycles. The van der Waals surface area contributed by atoms with E-state index in [9.17, 15) is 0 Å². The number of benzene rings is 2. The maximum Gasteiger partial charge on any atom is 0.224 e. The molecule has 0 unspecified atom stereocenters. The lowest BCUT2D eigenvalue weighted by molar-refractivity contribution is 0.414. The van der Waals surface area contributed by atoms with Crippen molar-refractivity contribution in [1.82, 2.24) is 9.97 Å². The van der Waals surface area contributed by atoms with Gasteiger partial charge in [0.25, 0.3) is 0 Å². The van der Waals surface area contributed by atoms with Crippen LogP contribution in [0.3, 0.4) is 0 Å². The van der Waals surface area contributed by atoms with Gasteiger partial charge in [-0.1, -0.05) is 23.7 Å². The highest BCUT2D eigenvalue weighted by molar-refractivity contribution is 6.30. The van der Waals surface area contributed by atoms with Gasteiger partial charge < -0.3 is 15.4 Å². The maximum absolute atomic E-state index is 6.02. The fraction of sp³-hybridized carbons (Fsp3) is 0.238. The number of nitrogens with one attached hydrogen (secondary N) is 2. The van der Waals surface area contributed by atoms with E-state index in [-0.39, 0.29) is 0 Å². The zero-order valence-electron chi connectivity index (χ0n) is 15.7. The van der Waals surface area contributed by atoms with E-state index in [4.69, 9.17) is 16.3 Å². The predicted molar refractivity (Wildman–Crippen MR) is 111 cm³/mol. The van der Waals surface area contributed by atoms with E-state index in [0.29, 0.717) is 5.95 Å². The summed E-state index contributed by atoms with van der Waals surface area (Å²) in [5.41, 5.74) is 4.16. The van der Waals surface area contributed by atoms with Gasteiger partial charge in [0.1, 0.15) is 11.6 Å². The summed E-state index contributed by atoms with van der Waals surface area (Å²) in [5.74, 6) is 2.22. The summed E-state index contributed by atoms with van der Waals surface area (Å²) in [6.07, 6.45) is 0.875. The molecule has 3 rings (SSSR count).